The van der Waals surface area contributed by atoms with Crippen molar-refractivity contribution in [3.05, 3.63) is 0 Å². The lowest BCUT2D eigenvalue weighted by molar-refractivity contribution is -0.128. The van der Waals surface area contributed by atoms with E-state index >= 15 is 0 Å². The van der Waals surface area contributed by atoms with E-state index in [1.165, 1.54) is 77.4 Å². The Bertz CT molecular complexity index is 614. The molecule has 5 saturated heterocycles. The van der Waals surface area contributed by atoms with Gasteiger partial charge in [-0.15, -0.1) is 0 Å². The highest BCUT2D eigenvalue weighted by Crippen LogP contribution is 2.41. The Balaban J connectivity index is 1.13. The molecule has 0 N–H and O–H groups in total. The number of nitrogens with zero attached hydrogens (tertiary/aromatic N) is 3. The van der Waals surface area contributed by atoms with Gasteiger partial charge in [0, 0.05) is 68.5 Å². The Labute approximate surface area is 202 Å². The molecule has 33 heavy (non-hydrogen) atoms. The van der Waals surface area contributed by atoms with Gasteiger partial charge in [0.05, 0.1) is 26.4 Å². The van der Waals surface area contributed by atoms with Crippen molar-refractivity contribution in [2.45, 2.75) is 95.3 Å². The van der Waals surface area contributed by atoms with Crippen LogP contribution in [0, 0.1) is 5.41 Å². The predicted octanol–water partition coefficient (Wildman–Crippen LogP) is 3.39. The van der Waals surface area contributed by atoms with Crippen LogP contribution in [0.15, 0.2) is 0 Å². The number of ether oxygens (including phenoxy) is 3. The summed E-state index contributed by atoms with van der Waals surface area (Å²) in [5.74, 6) is 0. The van der Waals surface area contributed by atoms with Crippen LogP contribution in [0.5, 0.6) is 0 Å². The maximum absolute atomic E-state index is 5.90. The third-order valence-corrected chi connectivity index (χ3v) is 9.93. The number of hydrogen-bond donors (Lipinski definition) is 0. The van der Waals surface area contributed by atoms with Gasteiger partial charge < -0.3 is 14.2 Å². The third kappa shape index (κ3) is 5.46. The molecule has 0 aromatic carbocycles. The van der Waals surface area contributed by atoms with E-state index < -0.39 is 0 Å². The molecular weight excluding hydrogens is 414 g/mol. The standard InChI is InChI=1S/C27H49N3O3/c1-23(29-12-9-26(20-29)11-17-33-21-26)4-6-25(28-14-18-31-19-15-28)7-5-24(2)30-13-10-27(30)8-3-16-32-22-27/h23-25H,3-22H2,1-2H3. The first-order chi connectivity index (χ1) is 16.1. The fraction of sp³-hybridized carbons (Fsp3) is 1.00. The molecular formula is C27H49N3O3. The SMILES string of the molecule is CC(CCC(CCC(C)N1CCC12CCCOC2)N1CCOCC1)N1CCC2(CCOC2)C1. The Kier molecular flexibility index (Phi) is 8.00. The normalized spacial score (nSPS) is 36.9. The second-order valence-corrected chi connectivity index (χ2v) is 12.0. The summed E-state index contributed by atoms with van der Waals surface area (Å²) in [7, 11) is 0. The molecule has 5 heterocycles. The molecule has 5 fully saturated rings. The first-order valence-electron chi connectivity index (χ1n) is 14.1. The molecule has 0 bridgehead atoms. The summed E-state index contributed by atoms with van der Waals surface area (Å²) in [6.45, 7) is 16.7. The zero-order chi connectivity index (χ0) is 22.7. The van der Waals surface area contributed by atoms with Crippen molar-refractivity contribution in [2.24, 2.45) is 5.41 Å². The van der Waals surface area contributed by atoms with Gasteiger partial charge >= 0.3 is 0 Å². The molecule has 0 aromatic rings. The quantitative estimate of drug-likeness (QED) is 0.522. The van der Waals surface area contributed by atoms with Crippen molar-refractivity contribution < 1.29 is 14.2 Å². The number of rotatable bonds is 9. The van der Waals surface area contributed by atoms with Crippen LogP contribution in [0.2, 0.25) is 0 Å². The average Bonchev–Trinajstić information content (AvgIpc) is 3.49. The molecule has 190 valence electrons. The molecule has 0 aromatic heterocycles. The first kappa shape index (κ1) is 24.5. The summed E-state index contributed by atoms with van der Waals surface area (Å²) in [4.78, 5) is 8.30. The third-order valence-electron chi connectivity index (χ3n) is 9.93. The highest BCUT2D eigenvalue weighted by molar-refractivity contribution is 5.03. The minimum absolute atomic E-state index is 0.371. The van der Waals surface area contributed by atoms with Crippen LogP contribution in [-0.2, 0) is 14.2 Å². The van der Waals surface area contributed by atoms with Crippen LogP contribution in [-0.4, -0.2) is 111 Å². The Morgan fingerprint density at radius 3 is 2.12 bits per heavy atom. The van der Waals surface area contributed by atoms with Crippen molar-refractivity contribution in [3.63, 3.8) is 0 Å². The zero-order valence-corrected chi connectivity index (χ0v) is 21.4. The monoisotopic (exact) mass is 463 g/mol. The van der Waals surface area contributed by atoms with Crippen molar-refractivity contribution in [3.8, 4) is 0 Å². The molecule has 0 radical (unpaired) electrons. The zero-order valence-electron chi connectivity index (χ0n) is 21.4. The van der Waals surface area contributed by atoms with Gasteiger partial charge in [-0.1, -0.05) is 0 Å². The highest BCUT2D eigenvalue weighted by Gasteiger charge is 2.47. The first-order valence-corrected chi connectivity index (χ1v) is 14.1. The molecule has 0 aliphatic carbocycles. The van der Waals surface area contributed by atoms with Crippen LogP contribution >= 0.6 is 0 Å². The molecule has 5 aliphatic rings. The largest absolute Gasteiger partial charge is 0.381 e. The van der Waals surface area contributed by atoms with Gasteiger partial charge in [0.1, 0.15) is 0 Å². The van der Waals surface area contributed by atoms with E-state index in [1.54, 1.807) is 0 Å². The Hall–Kier alpha value is -0.240. The lowest BCUT2D eigenvalue weighted by Crippen LogP contribution is -2.66. The van der Waals surface area contributed by atoms with Crippen LogP contribution < -0.4 is 0 Å². The van der Waals surface area contributed by atoms with E-state index in [0.717, 1.165) is 52.7 Å². The minimum atomic E-state index is 0.371. The maximum Gasteiger partial charge on any atom is 0.0651 e. The fourth-order valence-corrected chi connectivity index (χ4v) is 7.48. The van der Waals surface area contributed by atoms with Crippen molar-refractivity contribution in [1.29, 1.82) is 0 Å². The number of morpholine rings is 1. The Morgan fingerprint density at radius 1 is 0.667 bits per heavy atom. The molecule has 6 heteroatoms. The summed E-state index contributed by atoms with van der Waals surface area (Å²) < 4.78 is 17.4. The lowest BCUT2D eigenvalue weighted by Gasteiger charge is -2.57. The molecule has 6 nitrogen and oxygen atoms in total. The Morgan fingerprint density at radius 2 is 1.45 bits per heavy atom. The summed E-state index contributed by atoms with van der Waals surface area (Å²) in [6, 6.07) is 2.05. The van der Waals surface area contributed by atoms with E-state index in [-0.39, 0.29) is 0 Å². The van der Waals surface area contributed by atoms with E-state index in [0.29, 0.717) is 29.1 Å². The van der Waals surface area contributed by atoms with E-state index in [1.807, 2.05) is 0 Å². The van der Waals surface area contributed by atoms with Gasteiger partial charge in [-0.05, 0) is 78.2 Å². The molecule has 5 atom stereocenters. The van der Waals surface area contributed by atoms with E-state index in [9.17, 15) is 0 Å². The van der Waals surface area contributed by atoms with Crippen LogP contribution in [0.3, 0.4) is 0 Å². The van der Waals surface area contributed by atoms with Gasteiger partial charge in [0.15, 0.2) is 0 Å². The molecule has 2 spiro atoms. The molecule has 5 aliphatic heterocycles. The summed E-state index contributed by atoms with van der Waals surface area (Å²) in [6.07, 6.45) is 11.8. The molecule has 5 rings (SSSR count). The summed E-state index contributed by atoms with van der Waals surface area (Å²) in [5.41, 5.74) is 0.847. The van der Waals surface area contributed by atoms with Crippen molar-refractivity contribution in [2.75, 3.05) is 72.4 Å². The summed E-state index contributed by atoms with van der Waals surface area (Å²) in [5, 5.41) is 0. The van der Waals surface area contributed by atoms with E-state index in [4.69, 9.17) is 14.2 Å². The van der Waals surface area contributed by atoms with Crippen molar-refractivity contribution in [1.82, 2.24) is 14.7 Å². The molecule has 0 amide bonds. The van der Waals surface area contributed by atoms with Gasteiger partial charge in [-0.2, -0.15) is 0 Å². The van der Waals surface area contributed by atoms with Gasteiger partial charge in [0.25, 0.3) is 0 Å². The van der Waals surface area contributed by atoms with E-state index in [2.05, 4.69) is 28.5 Å². The van der Waals surface area contributed by atoms with Crippen LogP contribution in [0.4, 0.5) is 0 Å². The lowest BCUT2D eigenvalue weighted by atomic mass is 9.78. The topological polar surface area (TPSA) is 37.4 Å². The highest BCUT2D eigenvalue weighted by atomic mass is 16.5. The van der Waals surface area contributed by atoms with Gasteiger partial charge in [-0.3, -0.25) is 14.7 Å². The second kappa shape index (κ2) is 10.8. The van der Waals surface area contributed by atoms with Crippen molar-refractivity contribution >= 4 is 0 Å². The molecule has 5 unspecified atom stereocenters. The van der Waals surface area contributed by atoms with Gasteiger partial charge in [0.2, 0.25) is 0 Å². The smallest absolute Gasteiger partial charge is 0.0651 e. The average molecular weight is 464 g/mol. The predicted molar refractivity (Wildman–Crippen MR) is 132 cm³/mol. The van der Waals surface area contributed by atoms with Crippen LogP contribution in [0.25, 0.3) is 0 Å². The number of hydrogen-bond acceptors (Lipinski definition) is 6. The minimum Gasteiger partial charge on any atom is -0.381 e. The summed E-state index contributed by atoms with van der Waals surface area (Å²) >= 11 is 0. The molecule has 0 saturated carbocycles. The van der Waals surface area contributed by atoms with Gasteiger partial charge in [-0.25, -0.2) is 0 Å². The maximum atomic E-state index is 5.90. The van der Waals surface area contributed by atoms with Crippen LogP contribution in [0.1, 0.15) is 71.6 Å². The fourth-order valence-electron chi connectivity index (χ4n) is 7.48. The number of likely N-dealkylation sites (tertiary alicyclic amines) is 2. The second-order valence-electron chi connectivity index (χ2n) is 12.0.